The summed E-state index contributed by atoms with van der Waals surface area (Å²) in [4.78, 5) is 0. The molecular formula is C9H17IO2. The fourth-order valence-corrected chi connectivity index (χ4v) is 2.20. The van der Waals surface area contributed by atoms with E-state index in [2.05, 4.69) is 36.4 Å². The molecule has 1 rings (SSSR count). The van der Waals surface area contributed by atoms with Crippen molar-refractivity contribution >= 4 is 22.6 Å². The Bertz CT molecular complexity index is 134. The van der Waals surface area contributed by atoms with Gasteiger partial charge in [-0.05, 0) is 19.3 Å². The van der Waals surface area contributed by atoms with E-state index in [-0.39, 0.29) is 5.79 Å². The highest BCUT2D eigenvalue weighted by Crippen LogP contribution is 2.31. The van der Waals surface area contributed by atoms with Crippen LogP contribution in [0.5, 0.6) is 0 Å². The normalized spacial score (nSPS) is 27.8. The highest BCUT2D eigenvalue weighted by Gasteiger charge is 2.37. The quantitative estimate of drug-likeness (QED) is 0.584. The molecule has 0 spiro atoms. The van der Waals surface area contributed by atoms with Crippen LogP contribution in [0, 0.1) is 0 Å². The maximum absolute atomic E-state index is 5.86. The third-order valence-electron chi connectivity index (χ3n) is 2.42. The Balaban J connectivity index is 2.41. The van der Waals surface area contributed by atoms with E-state index in [1.165, 1.54) is 0 Å². The zero-order valence-electron chi connectivity index (χ0n) is 7.81. The van der Waals surface area contributed by atoms with Crippen molar-refractivity contribution in [3.05, 3.63) is 0 Å². The lowest BCUT2D eigenvalue weighted by atomic mass is 10.1. The molecule has 0 bridgehead atoms. The number of rotatable bonds is 4. The summed E-state index contributed by atoms with van der Waals surface area (Å²) in [6.45, 7) is 5.02. The Hall–Kier alpha value is 0.650. The van der Waals surface area contributed by atoms with E-state index in [1.807, 2.05) is 0 Å². The Morgan fingerprint density at radius 1 is 1.42 bits per heavy atom. The third kappa shape index (κ3) is 2.33. The van der Waals surface area contributed by atoms with Gasteiger partial charge < -0.3 is 9.47 Å². The predicted molar refractivity (Wildman–Crippen MR) is 57.6 cm³/mol. The minimum atomic E-state index is -0.253. The molecule has 1 atom stereocenters. The van der Waals surface area contributed by atoms with Crippen LogP contribution in [-0.2, 0) is 9.47 Å². The van der Waals surface area contributed by atoms with Crippen LogP contribution in [0.4, 0.5) is 0 Å². The summed E-state index contributed by atoms with van der Waals surface area (Å²) in [6, 6.07) is 0. The summed E-state index contributed by atoms with van der Waals surface area (Å²) in [5.41, 5.74) is 0. The first kappa shape index (κ1) is 10.7. The molecule has 1 heterocycles. The Labute approximate surface area is 88.1 Å². The molecular weight excluding hydrogens is 267 g/mol. The van der Waals surface area contributed by atoms with Gasteiger partial charge in [-0.3, -0.25) is 0 Å². The van der Waals surface area contributed by atoms with E-state index in [0.717, 1.165) is 30.3 Å². The highest BCUT2D eigenvalue weighted by atomic mass is 127. The monoisotopic (exact) mass is 284 g/mol. The van der Waals surface area contributed by atoms with Crippen molar-refractivity contribution < 1.29 is 9.47 Å². The molecule has 2 nitrogen and oxygen atoms in total. The minimum absolute atomic E-state index is 0.253. The summed E-state index contributed by atoms with van der Waals surface area (Å²) in [5.74, 6) is -0.253. The van der Waals surface area contributed by atoms with Crippen molar-refractivity contribution in [2.75, 3.05) is 11.0 Å². The van der Waals surface area contributed by atoms with Crippen molar-refractivity contribution in [3.8, 4) is 0 Å². The molecule has 72 valence electrons. The van der Waals surface area contributed by atoms with Gasteiger partial charge in [0.25, 0.3) is 0 Å². The van der Waals surface area contributed by atoms with Crippen LogP contribution in [0.25, 0.3) is 0 Å². The van der Waals surface area contributed by atoms with Gasteiger partial charge in [0.1, 0.15) is 0 Å². The van der Waals surface area contributed by atoms with E-state index < -0.39 is 0 Å². The maximum atomic E-state index is 5.86. The maximum Gasteiger partial charge on any atom is 0.168 e. The Kier molecular flexibility index (Phi) is 4.26. The number of halogens is 1. The third-order valence-corrected chi connectivity index (χ3v) is 3.04. The summed E-state index contributed by atoms with van der Waals surface area (Å²) in [6.07, 6.45) is 3.37. The van der Waals surface area contributed by atoms with Gasteiger partial charge in [0.05, 0.1) is 12.7 Å². The van der Waals surface area contributed by atoms with E-state index in [1.54, 1.807) is 0 Å². The van der Waals surface area contributed by atoms with Gasteiger partial charge >= 0.3 is 0 Å². The molecule has 0 aromatic rings. The lowest BCUT2D eigenvalue weighted by Crippen LogP contribution is -2.28. The molecule has 1 fully saturated rings. The Morgan fingerprint density at radius 2 is 2.08 bits per heavy atom. The SMILES string of the molecule is CCC1(CC)OCC(CCI)O1. The van der Waals surface area contributed by atoms with Crippen LogP contribution < -0.4 is 0 Å². The zero-order valence-corrected chi connectivity index (χ0v) is 9.96. The van der Waals surface area contributed by atoms with E-state index in [4.69, 9.17) is 9.47 Å². The fraction of sp³-hybridized carbons (Fsp3) is 1.00. The summed E-state index contributed by atoms with van der Waals surface area (Å²) >= 11 is 2.38. The van der Waals surface area contributed by atoms with Crippen LogP contribution in [-0.4, -0.2) is 22.9 Å². The molecule has 1 saturated heterocycles. The summed E-state index contributed by atoms with van der Waals surface area (Å²) in [7, 11) is 0. The molecule has 1 aliphatic heterocycles. The number of hydrogen-bond donors (Lipinski definition) is 0. The molecule has 0 saturated carbocycles. The fourth-order valence-electron chi connectivity index (χ4n) is 1.50. The second-order valence-corrected chi connectivity index (χ2v) is 4.23. The molecule has 12 heavy (non-hydrogen) atoms. The first-order valence-electron chi connectivity index (χ1n) is 4.64. The van der Waals surface area contributed by atoms with Crippen molar-refractivity contribution in [1.29, 1.82) is 0 Å². The van der Waals surface area contributed by atoms with Gasteiger partial charge in [-0.15, -0.1) is 0 Å². The number of ether oxygens (including phenoxy) is 2. The van der Waals surface area contributed by atoms with Gasteiger partial charge in [0.2, 0.25) is 0 Å². The second-order valence-electron chi connectivity index (χ2n) is 3.15. The van der Waals surface area contributed by atoms with Crippen molar-refractivity contribution in [1.82, 2.24) is 0 Å². The van der Waals surface area contributed by atoms with E-state index in [9.17, 15) is 0 Å². The molecule has 1 unspecified atom stereocenters. The van der Waals surface area contributed by atoms with E-state index >= 15 is 0 Å². The largest absolute Gasteiger partial charge is 0.347 e. The van der Waals surface area contributed by atoms with Crippen LogP contribution in [0.3, 0.4) is 0 Å². The first-order chi connectivity index (χ1) is 5.76. The van der Waals surface area contributed by atoms with E-state index in [0.29, 0.717) is 6.10 Å². The average Bonchev–Trinajstić information content (AvgIpc) is 2.50. The standard InChI is InChI=1S/C9H17IO2/c1-3-9(4-2)11-7-8(12-9)5-6-10/h8H,3-7H2,1-2H3. The Morgan fingerprint density at radius 3 is 2.50 bits per heavy atom. The van der Waals surface area contributed by atoms with Crippen molar-refractivity contribution in [3.63, 3.8) is 0 Å². The summed E-state index contributed by atoms with van der Waals surface area (Å²) < 4.78 is 12.7. The topological polar surface area (TPSA) is 18.5 Å². The smallest absolute Gasteiger partial charge is 0.168 e. The van der Waals surface area contributed by atoms with Gasteiger partial charge in [-0.1, -0.05) is 36.4 Å². The average molecular weight is 284 g/mol. The van der Waals surface area contributed by atoms with Crippen LogP contribution in [0.1, 0.15) is 33.1 Å². The van der Waals surface area contributed by atoms with Gasteiger partial charge in [-0.2, -0.15) is 0 Å². The second kappa shape index (κ2) is 4.77. The molecule has 0 aromatic heterocycles. The predicted octanol–water partition coefficient (Wildman–Crippen LogP) is 2.74. The lowest BCUT2D eigenvalue weighted by molar-refractivity contribution is -0.171. The van der Waals surface area contributed by atoms with Crippen LogP contribution >= 0.6 is 22.6 Å². The van der Waals surface area contributed by atoms with Gasteiger partial charge in [-0.25, -0.2) is 0 Å². The first-order valence-corrected chi connectivity index (χ1v) is 6.16. The van der Waals surface area contributed by atoms with Gasteiger partial charge in [0, 0.05) is 4.43 Å². The van der Waals surface area contributed by atoms with Crippen LogP contribution in [0.2, 0.25) is 0 Å². The van der Waals surface area contributed by atoms with Gasteiger partial charge in [0.15, 0.2) is 5.79 Å². The molecule has 0 N–H and O–H groups in total. The molecule has 0 amide bonds. The zero-order chi connectivity index (χ0) is 9.03. The number of hydrogen-bond acceptors (Lipinski definition) is 2. The van der Waals surface area contributed by atoms with Crippen LogP contribution in [0.15, 0.2) is 0 Å². The molecule has 1 aliphatic rings. The minimum Gasteiger partial charge on any atom is -0.347 e. The van der Waals surface area contributed by atoms with Crippen molar-refractivity contribution in [2.24, 2.45) is 0 Å². The lowest BCUT2D eigenvalue weighted by Gasteiger charge is -2.24. The van der Waals surface area contributed by atoms with Crippen molar-refractivity contribution in [2.45, 2.75) is 45.0 Å². The molecule has 0 radical (unpaired) electrons. The number of alkyl halides is 1. The molecule has 0 aromatic carbocycles. The highest BCUT2D eigenvalue weighted by molar-refractivity contribution is 14.1. The molecule has 0 aliphatic carbocycles. The summed E-state index contributed by atoms with van der Waals surface area (Å²) in [5, 5.41) is 0. The molecule has 3 heteroatoms.